The molecule has 114 valence electrons. The Kier molecular flexibility index (Phi) is 8.44. The fourth-order valence-electron chi connectivity index (χ4n) is 1.08. The molecule has 0 aliphatic rings. The van der Waals surface area contributed by atoms with Crippen LogP contribution >= 0.6 is 46.9 Å². The first-order valence-corrected chi connectivity index (χ1v) is 6.38. The number of thiazole rings is 1. The topological polar surface area (TPSA) is 49.3 Å². The number of nitrogens with zero attached hydrogens (tertiary/aromatic N) is 2. The van der Waals surface area contributed by atoms with E-state index in [-0.39, 0.29) is 30.5 Å². The van der Waals surface area contributed by atoms with Crippen LogP contribution in [0, 0.1) is 0 Å². The zero-order valence-corrected chi connectivity index (χ0v) is 14.3. The van der Waals surface area contributed by atoms with E-state index in [1.165, 1.54) is 7.05 Å². The minimum Gasteiger partial charge on any atom is -0.351 e. The van der Waals surface area contributed by atoms with Gasteiger partial charge in [-0.15, -0.1) is 35.3 Å². The molecular formula is C10H13ClF3IN4S. The van der Waals surface area contributed by atoms with E-state index in [4.69, 9.17) is 11.6 Å². The molecule has 0 atom stereocenters. The van der Waals surface area contributed by atoms with Gasteiger partial charge in [0.2, 0.25) is 0 Å². The quantitative estimate of drug-likeness (QED) is 0.429. The molecule has 0 aliphatic carbocycles. The molecule has 0 radical (unpaired) electrons. The maximum Gasteiger partial charge on any atom is 0.434 e. The van der Waals surface area contributed by atoms with Crippen molar-refractivity contribution in [3.63, 3.8) is 0 Å². The van der Waals surface area contributed by atoms with Gasteiger partial charge in [-0.2, -0.15) is 13.2 Å². The van der Waals surface area contributed by atoms with Crippen molar-refractivity contribution < 1.29 is 13.2 Å². The van der Waals surface area contributed by atoms with Gasteiger partial charge in [0.15, 0.2) is 11.7 Å². The van der Waals surface area contributed by atoms with Crippen LogP contribution in [-0.2, 0) is 12.7 Å². The summed E-state index contributed by atoms with van der Waals surface area (Å²) in [6, 6.07) is 0. The van der Waals surface area contributed by atoms with E-state index in [0.29, 0.717) is 22.5 Å². The summed E-state index contributed by atoms with van der Waals surface area (Å²) in [6.07, 6.45) is -4.41. The van der Waals surface area contributed by atoms with Crippen LogP contribution in [0.1, 0.15) is 10.7 Å². The fourth-order valence-corrected chi connectivity index (χ4v) is 1.89. The second kappa shape index (κ2) is 8.67. The van der Waals surface area contributed by atoms with E-state index in [2.05, 4.69) is 27.2 Å². The van der Waals surface area contributed by atoms with Crippen LogP contribution < -0.4 is 10.6 Å². The lowest BCUT2D eigenvalue weighted by Gasteiger charge is -2.09. The molecule has 0 fully saturated rings. The van der Waals surface area contributed by atoms with Crippen LogP contribution in [0.4, 0.5) is 13.2 Å². The molecule has 0 bridgehead atoms. The normalized spacial score (nSPS) is 11.8. The summed E-state index contributed by atoms with van der Waals surface area (Å²) >= 11 is 6.51. The molecule has 0 aromatic carbocycles. The van der Waals surface area contributed by atoms with Crippen LogP contribution in [0.15, 0.2) is 22.0 Å². The number of aromatic nitrogens is 1. The van der Waals surface area contributed by atoms with Crippen molar-refractivity contribution in [3.05, 3.63) is 27.7 Å². The second-order valence-electron chi connectivity index (χ2n) is 3.42. The third-order valence-corrected chi connectivity index (χ3v) is 2.90. The van der Waals surface area contributed by atoms with Gasteiger partial charge >= 0.3 is 6.18 Å². The van der Waals surface area contributed by atoms with Crippen LogP contribution in [0.5, 0.6) is 0 Å². The molecule has 0 unspecified atom stereocenters. The molecule has 1 aromatic rings. The number of hydrogen-bond acceptors (Lipinski definition) is 3. The van der Waals surface area contributed by atoms with E-state index in [1.54, 1.807) is 0 Å². The van der Waals surface area contributed by atoms with Crippen molar-refractivity contribution >= 4 is 52.9 Å². The molecule has 2 N–H and O–H groups in total. The molecule has 0 saturated carbocycles. The number of nitrogens with one attached hydrogen (secondary N) is 2. The Hall–Kier alpha value is -0.550. The lowest BCUT2D eigenvalue weighted by atomic mass is 10.5. The number of rotatable bonds is 4. The molecular weight excluding hydrogens is 428 g/mol. The summed E-state index contributed by atoms with van der Waals surface area (Å²) < 4.78 is 37.0. The predicted molar refractivity (Wildman–Crippen MR) is 85.7 cm³/mol. The highest BCUT2D eigenvalue weighted by molar-refractivity contribution is 14.0. The van der Waals surface area contributed by atoms with Crippen molar-refractivity contribution in [3.8, 4) is 0 Å². The zero-order valence-electron chi connectivity index (χ0n) is 10.4. The first-order chi connectivity index (χ1) is 8.82. The highest BCUT2D eigenvalue weighted by Gasteiger charge is 2.33. The number of guanidine groups is 1. The second-order valence-corrected chi connectivity index (χ2v) is 4.90. The van der Waals surface area contributed by atoms with Crippen LogP contribution in [0.3, 0.4) is 0 Å². The van der Waals surface area contributed by atoms with Gasteiger partial charge in [-0.3, -0.25) is 4.99 Å². The van der Waals surface area contributed by atoms with Crippen LogP contribution in [0.2, 0.25) is 0 Å². The van der Waals surface area contributed by atoms with E-state index in [1.807, 2.05) is 0 Å². The SMILES string of the molecule is C=C(Cl)CNC(=NC)NCc1nc(C(F)(F)F)cs1.I. The Morgan fingerprint density at radius 2 is 2.15 bits per heavy atom. The molecule has 20 heavy (non-hydrogen) atoms. The molecule has 0 aliphatic heterocycles. The van der Waals surface area contributed by atoms with Crippen molar-refractivity contribution in [2.24, 2.45) is 4.99 Å². The highest BCUT2D eigenvalue weighted by Crippen LogP contribution is 2.29. The maximum absolute atomic E-state index is 12.3. The number of halogens is 5. The maximum atomic E-state index is 12.3. The van der Waals surface area contributed by atoms with Crippen molar-refractivity contribution in [1.82, 2.24) is 15.6 Å². The average molecular weight is 441 g/mol. The van der Waals surface area contributed by atoms with E-state index < -0.39 is 11.9 Å². The summed E-state index contributed by atoms with van der Waals surface area (Å²) in [5.41, 5.74) is -0.883. The third-order valence-electron chi connectivity index (χ3n) is 1.92. The van der Waals surface area contributed by atoms with Gasteiger partial charge in [-0.05, 0) is 0 Å². The summed E-state index contributed by atoms with van der Waals surface area (Å²) in [5, 5.41) is 7.36. The number of hydrogen-bond donors (Lipinski definition) is 2. The Morgan fingerprint density at radius 1 is 1.50 bits per heavy atom. The van der Waals surface area contributed by atoms with Crippen molar-refractivity contribution in [2.75, 3.05) is 13.6 Å². The third kappa shape index (κ3) is 6.75. The minimum atomic E-state index is -4.41. The van der Waals surface area contributed by atoms with Gasteiger partial charge in [-0.1, -0.05) is 18.2 Å². The monoisotopic (exact) mass is 440 g/mol. The molecule has 1 heterocycles. The van der Waals surface area contributed by atoms with E-state index >= 15 is 0 Å². The average Bonchev–Trinajstić information content (AvgIpc) is 2.77. The van der Waals surface area contributed by atoms with Gasteiger partial charge in [0.25, 0.3) is 0 Å². The first kappa shape index (κ1) is 19.4. The summed E-state index contributed by atoms with van der Waals surface area (Å²) in [7, 11) is 1.54. The smallest absolute Gasteiger partial charge is 0.351 e. The molecule has 4 nitrogen and oxygen atoms in total. The Morgan fingerprint density at radius 3 is 2.60 bits per heavy atom. The van der Waals surface area contributed by atoms with Gasteiger partial charge < -0.3 is 10.6 Å². The lowest BCUT2D eigenvalue weighted by molar-refractivity contribution is -0.140. The lowest BCUT2D eigenvalue weighted by Crippen LogP contribution is -2.37. The minimum absolute atomic E-state index is 0. The molecule has 0 amide bonds. The van der Waals surface area contributed by atoms with Crippen molar-refractivity contribution in [2.45, 2.75) is 12.7 Å². The Bertz CT molecular complexity index is 475. The highest BCUT2D eigenvalue weighted by atomic mass is 127. The Labute approximate surface area is 140 Å². The summed E-state index contributed by atoms with van der Waals surface area (Å²) in [4.78, 5) is 7.37. The largest absolute Gasteiger partial charge is 0.434 e. The summed E-state index contributed by atoms with van der Waals surface area (Å²) in [5.74, 6) is 0.408. The van der Waals surface area contributed by atoms with Gasteiger partial charge in [0, 0.05) is 17.5 Å². The predicted octanol–water partition coefficient (Wildman–Crippen LogP) is 3.20. The van der Waals surface area contributed by atoms with Gasteiger partial charge in [0.1, 0.15) is 5.01 Å². The molecule has 0 saturated heterocycles. The number of aliphatic imine (C=N–C) groups is 1. The first-order valence-electron chi connectivity index (χ1n) is 5.12. The summed E-state index contributed by atoms with van der Waals surface area (Å²) in [6.45, 7) is 3.96. The standard InChI is InChI=1S/C10H12ClF3N4S.HI/c1-6(11)3-16-9(15-2)17-4-8-18-7(5-19-8)10(12,13)14;/h5H,1,3-4H2,2H3,(H2,15,16,17);1H. The van der Waals surface area contributed by atoms with E-state index in [9.17, 15) is 13.2 Å². The van der Waals surface area contributed by atoms with Crippen molar-refractivity contribution in [1.29, 1.82) is 0 Å². The fraction of sp³-hybridized carbons (Fsp3) is 0.400. The van der Waals surface area contributed by atoms with Gasteiger partial charge in [0.05, 0.1) is 13.1 Å². The molecule has 1 aromatic heterocycles. The van der Waals surface area contributed by atoms with Crippen LogP contribution in [0.25, 0.3) is 0 Å². The van der Waals surface area contributed by atoms with Gasteiger partial charge in [-0.25, -0.2) is 4.98 Å². The Balaban J connectivity index is 0.00000361. The molecule has 10 heteroatoms. The van der Waals surface area contributed by atoms with Crippen LogP contribution in [-0.4, -0.2) is 24.5 Å². The molecule has 0 spiro atoms. The van der Waals surface area contributed by atoms with E-state index in [0.717, 1.165) is 16.7 Å². The number of alkyl halides is 3. The molecule has 1 rings (SSSR count). The zero-order chi connectivity index (χ0) is 14.5.